The van der Waals surface area contributed by atoms with Crippen LogP contribution in [0.5, 0.6) is 0 Å². The van der Waals surface area contributed by atoms with Crippen LogP contribution in [0.1, 0.15) is 17.4 Å². The van der Waals surface area contributed by atoms with Crippen LogP contribution in [0.3, 0.4) is 0 Å². The van der Waals surface area contributed by atoms with Crippen molar-refractivity contribution in [2.75, 3.05) is 12.3 Å². The van der Waals surface area contributed by atoms with Gasteiger partial charge in [-0.25, -0.2) is 9.50 Å². The van der Waals surface area contributed by atoms with E-state index in [-0.39, 0.29) is 5.91 Å². The summed E-state index contributed by atoms with van der Waals surface area (Å²) in [6, 6.07) is 3.48. The highest BCUT2D eigenvalue weighted by atomic mass is 79.9. The Labute approximate surface area is 146 Å². The van der Waals surface area contributed by atoms with Gasteiger partial charge < -0.3 is 5.32 Å². The SMILES string of the molecule is CCn1cc(Br)c(-c2ccnc3cc(C(=O)NCCS)nn23)n1. The number of hydrogen-bond acceptors (Lipinski definition) is 5. The van der Waals surface area contributed by atoms with Crippen molar-refractivity contribution >= 4 is 40.1 Å². The summed E-state index contributed by atoms with van der Waals surface area (Å²) < 4.78 is 4.32. The number of rotatable bonds is 5. The van der Waals surface area contributed by atoms with Crippen LogP contribution in [0.2, 0.25) is 0 Å². The fraction of sp³-hybridized carbons (Fsp3) is 0.286. The Kier molecular flexibility index (Phi) is 4.67. The molecule has 0 fully saturated rings. The van der Waals surface area contributed by atoms with E-state index in [0.717, 1.165) is 22.4 Å². The minimum absolute atomic E-state index is 0.242. The molecule has 0 saturated heterocycles. The van der Waals surface area contributed by atoms with Gasteiger partial charge in [0.05, 0.1) is 10.2 Å². The summed E-state index contributed by atoms with van der Waals surface area (Å²) in [6.07, 6.45) is 3.59. The van der Waals surface area contributed by atoms with Crippen LogP contribution >= 0.6 is 28.6 Å². The average molecular weight is 395 g/mol. The van der Waals surface area contributed by atoms with Gasteiger partial charge in [-0.1, -0.05) is 0 Å². The van der Waals surface area contributed by atoms with Gasteiger partial charge in [-0.15, -0.1) is 0 Å². The maximum atomic E-state index is 12.1. The Balaban J connectivity index is 2.06. The molecule has 1 amide bonds. The topological polar surface area (TPSA) is 77.1 Å². The third kappa shape index (κ3) is 3.11. The zero-order valence-corrected chi connectivity index (χ0v) is 14.9. The predicted molar refractivity (Wildman–Crippen MR) is 93.8 cm³/mol. The number of carbonyl (C=O) groups excluding carboxylic acids is 1. The quantitative estimate of drug-likeness (QED) is 0.649. The second kappa shape index (κ2) is 6.71. The van der Waals surface area contributed by atoms with Gasteiger partial charge in [0.2, 0.25) is 0 Å². The number of hydrogen-bond donors (Lipinski definition) is 2. The Morgan fingerprint density at radius 2 is 2.26 bits per heavy atom. The highest BCUT2D eigenvalue weighted by Crippen LogP contribution is 2.26. The van der Waals surface area contributed by atoms with Gasteiger partial charge >= 0.3 is 0 Å². The molecule has 9 heteroatoms. The van der Waals surface area contributed by atoms with Gasteiger partial charge in [-0.3, -0.25) is 9.48 Å². The third-order valence-corrected chi connectivity index (χ3v) is 4.08. The van der Waals surface area contributed by atoms with Gasteiger partial charge in [-0.2, -0.15) is 22.8 Å². The van der Waals surface area contributed by atoms with Crippen LogP contribution in [0, 0.1) is 0 Å². The van der Waals surface area contributed by atoms with Crippen LogP contribution in [0.15, 0.2) is 29.0 Å². The number of nitrogens with zero attached hydrogens (tertiary/aromatic N) is 5. The highest BCUT2D eigenvalue weighted by Gasteiger charge is 2.16. The second-order valence-corrected chi connectivity index (χ2v) is 6.09. The first-order valence-corrected chi connectivity index (χ1v) is 8.53. The zero-order chi connectivity index (χ0) is 16.4. The van der Waals surface area contributed by atoms with Crippen molar-refractivity contribution in [1.29, 1.82) is 0 Å². The second-order valence-electron chi connectivity index (χ2n) is 4.79. The molecule has 0 unspecified atom stereocenters. The maximum Gasteiger partial charge on any atom is 0.271 e. The molecule has 0 aliphatic carbocycles. The molecule has 0 aliphatic rings. The molecule has 0 saturated carbocycles. The zero-order valence-electron chi connectivity index (χ0n) is 12.4. The van der Waals surface area contributed by atoms with E-state index in [1.165, 1.54) is 0 Å². The first kappa shape index (κ1) is 16.0. The fourth-order valence-electron chi connectivity index (χ4n) is 2.18. The molecule has 3 aromatic rings. The summed E-state index contributed by atoms with van der Waals surface area (Å²) in [5, 5.41) is 11.6. The van der Waals surface area contributed by atoms with E-state index in [4.69, 9.17) is 0 Å². The first-order valence-electron chi connectivity index (χ1n) is 7.11. The van der Waals surface area contributed by atoms with E-state index in [0.29, 0.717) is 23.6 Å². The summed E-state index contributed by atoms with van der Waals surface area (Å²) >= 11 is 7.59. The Morgan fingerprint density at radius 1 is 1.43 bits per heavy atom. The molecular formula is C14H15BrN6OS. The van der Waals surface area contributed by atoms with Crippen molar-refractivity contribution in [1.82, 2.24) is 29.7 Å². The van der Waals surface area contributed by atoms with Gasteiger partial charge in [0, 0.05) is 37.3 Å². The molecule has 0 aliphatic heterocycles. The van der Waals surface area contributed by atoms with Crippen LogP contribution in [0.4, 0.5) is 0 Å². The summed E-state index contributed by atoms with van der Waals surface area (Å²) in [5.41, 5.74) is 2.43. The largest absolute Gasteiger partial charge is 0.350 e. The molecule has 0 spiro atoms. The number of aromatic nitrogens is 5. The molecule has 1 N–H and O–H groups in total. The highest BCUT2D eigenvalue weighted by molar-refractivity contribution is 9.10. The molecule has 3 aromatic heterocycles. The number of amides is 1. The number of halogens is 1. The molecule has 3 rings (SSSR count). The minimum atomic E-state index is -0.242. The average Bonchev–Trinajstić information content (AvgIpc) is 3.15. The number of fused-ring (bicyclic) bond motifs is 1. The molecule has 0 bridgehead atoms. The van der Waals surface area contributed by atoms with E-state index < -0.39 is 0 Å². The number of aryl methyl sites for hydroxylation is 1. The van der Waals surface area contributed by atoms with E-state index in [1.54, 1.807) is 16.8 Å². The van der Waals surface area contributed by atoms with Crippen molar-refractivity contribution in [3.8, 4) is 11.4 Å². The smallest absolute Gasteiger partial charge is 0.271 e. The lowest BCUT2D eigenvalue weighted by atomic mass is 10.3. The summed E-state index contributed by atoms with van der Waals surface area (Å²) in [4.78, 5) is 16.3. The van der Waals surface area contributed by atoms with Gasteiger partial charge in [0.1, 0.15) is 5.69 Å². The lowest BCUT2D eigenvalue weighted by Gasteiger charge is -2.02. The van der Waals surface area contributed by atoms with Crippen molar-refractivity contribution in [2.24, 2.45) is 0 Å². The first-order chi connectivity index (χ1) is 11.1. The van der Waals surface area contributed by atoms with Crippen molar-refractivity contribution < 1.29 is 4.79 Å². The van der Waals surface area contributed by atoms with E-state index in [2.05, 4.69) is 49.1 Å². The van der Waals surface area contributed by atoms with Gasteiger partial charge in [-0.05, 0) is 28.9 Å². The molecule has 0 radical (unpaired) electrons. The maximum absolute atomic E-state index is 12.1. The van der Waals surface area contributed by atoms with Crippen LogP contribution in [-0.4, -0.2) is 42.6 Å². The van der Waals surface area contributed by atoms with Gasteiger partial charge in [0.15, 0.2) is 11.3 Å². The molecule has 120 valence electrons. The van der Waals surface area contributed by atoms with Crippen molar-refractivity contribution in [3.05, 3.63) is 34.7 Å². The van der Waals surface area contributed by atoms with Crippen molar-refractivity contribution in [3.63, 3.8) is 0 Å². The monoisotopic (exact) mass is 394 g/mol. The van der Waals surface area contributed by atoms with Crippen molar-refractivity contribution in [2.45, 2.75) is 13.5 Å². The van der Waals surface area contributed by atoms with Crippen LogP contribution in [0.25, 0.3) is 17.0 Å². The summed E-state index contributed by atoms with van der Waals surface area (Å²) in [5.74, 6) is 0.331. The van der Waals surface area contributed by atoms with Crippen LogP contribution < -0.4 is 5.32 Å². The lowest BCUT2D eigenvalue weighted by Crippen LogP contribution is -2.25. The molecule has 0 atom stereocenters. The lowest BCUT2D eigenvalue weighted by molar-refractivity contribution is 0.0951. The summed E-state index contributed by atoms with van der Waals surface area (Å²) in [7, 11) is 0. The molecule has 7 nitrogen and oxygen atoms in total. The number of carbonyl (C=O) groups is 1. The minimum Gasteiger partial charge on any atom is -0.350 e. The third-order valence-electron chi connectivity index (χ3n) is 3.27. The Bertz CT molecular complexity index is 858. The Morgan fingerprint density at radius 3 is 2.96 bits per heavy atom. The van der Waals surface area contributed by atoms with Crippen LogP contribution in [-0.2, 0) is 6.54 Å². The number of thiol groups is 1. The molecule has 3 heterocycles. The van der Waals surface area contributed by atoms with E-state index >= 15 is 0 Å². The molecule has 23 heavy (non-hydrogen) atoms. The molecular weight excluding hydrogens is 380 g/mol. The summed E-state index contributed by atoms with van der Waals surface area (Å²) in [6.45, 7) is 3.27. The Hall–Kier alpha value is -1.87. The number of nitrogens with one attached hydrogen (secondary N) is 1. The molecule has 0 aromatic carbocycles. The van der Waals surface area contributed by atoms with E-state index in [9.17, 15) is 4.79 Å². The van der Waals surface area contributed by atoms with E-state index in [1.807, 2.05) is 23.9 Å². The standard InChI is InChI=1S/C14H15BrN6OS/c1-2-20-8-9(15)13(19-20)11-3-4-16-12-7-10(18-21(11)12)14(22)17-5-6-23/h3-4,7-8,23H,2,5-6H2,1H3,(H,17,22). The predicted octanol–water partition coefficient (Wildman–Crippen LogP) is 2.03. The fourth-order valence-corrected chi connectivity index (χ4v) is 2.81. The normalized spacial score (nSPS) is 11.1. The van der Waals surface area contributed by atoms with Gasteiger partial charge in [0.25, 0.3) is 5.91 Å².